The van der Waals surface area contributed by atoms with Crippen LogP contribution in [0.1, 0.15) is 29.2 Å². The van der Waals surface area contributed by atoms with E-state index in [1.54, 1.807) is 23.7 Å². The Kier molecular flexibility index (Phi) is 5.69. The molecular weight excluding hydrogens is 422 g/mol. The zero-order valence-electron chi connectivity index (χ0n) is 16.8. The molecule has 0 spiro atoms. The maximum absolute atomic E-state index is 5.77. The van der Waals surface area contributed by atoms with Gasteiger partial charge in [0.25, 0.3) is 0 Å². The normalized spacial score (nSPS) is 15.8. The van der Waals surface area contributed by atoms with Gasteiger partial charge in [0.05, 0.1) is 22.8 Å². The van der Waals surface area contributed by atoms with Crippen LogP contribution in [0.15, 0.2) is 82.9 Å². The molecular formula is C24H21N5S2. The summed E-state index contributed by atoms with van der Waals surface area (Å²) in [7, 11) is 0. The van der Waals surface area contributed by atoms with Gasteiger partial charge in [-0.3, -0.25) is 9.97 Å². The zero-order chi connectivity index (χ0) is 21.0. The SMILES string of the molecule is S=C(NCCc1ccccc1)N1N=C(c2ccsc2)CC1c1ccc2nccnc2c1. The lowest BCUT2D eigenvalue weighted by Crippen LogP contribution is -2.37. The molecule has 0 radical (unpaired) electrons. The quantitative estimate of drug-likeness (QED) is 0.442. The molecule has 154 valence electrons. The molecule has 3 heterocycles. The van der Waals surface area contributed by atoms with E-state index in [-0.39, 0.29) is 6.04 Å². The second-order valence-electron chi connectivity index (χ2n) is 7.40. The highest BCUT2D eigenvalue weighted by Crippen LogP contribution is 2.34. The Morgan fingerprint density at radius 2 is 1.90 bits per heavy atom. The van der Waals surface area contributed by atoms with E-state index < -0.39 is 0 Å². The third-order valence-electron chi connectivity index (χ3n) is 5.38. The number of thiophene rings is 1. The van der Waals surface area contributed by atoms with Crippen LogP contribution in [0.4, 0.5) is 0 Å². The smallest absolute Gasteiger partial charge is 0.190 e. The molecule has 0 aliphatic carbocycles. The minimum atomic E-state index is 0.0260. The van der Waals surface area contributed by atoms with E-state index in [0.29, 0.717) is 5.11 Å². The Morgan fingerprint density at radius 1 is 1.06 bits per heavy atom. The fourth-order valence-corrected chi connectivity index (χ4v) is 4.72. The van der Waals surface area contributed by atoms with Crippen LogP contribution in [0.2, 0.25) is 0 Å². The van der Waals surface area contributed by atoms with Crippen LogP contribution in [-0.4, -0.2) is 32.3 Å². The average Bonchev–Trinajstić information content (AvgIpc) is 3.50. The highest BCUT2D eigenvalue weighted by molar-refractivity contribution is 7.80. The molecule has 4 aromatic rings. The molecule has 1 N–H and O–H groups in total. The highest BCUT2D eigenvalue weighted by Gasteiger charge is 2.31. The summed E-state index contributed by atoms with van der Waals surface area (Å²) in [6.07, 6.45) is 5.14. The zero-order valence-corrected chi connectivity index (χ0v) is 18.4. The third-order valence-corrected chi connectivity index (χ3v) is 6.40. The van der Waals surface area contributed by atoms with E-state index in [9.17, 15) is 0 Å². The standard InChI is InChI=1S/C24H21N5S2/c30-24(27-10-8-17-4-2-1-3-5-17)29-23(15-21(28-29)19-9-13-31-16-19)18-6-7-20-22(14-18)26-12-11-25-20/h1-7,9,11-14,16,23H,8,10,15H2,(H,27,30). The summed E-state index contributed by atoms with van der Waals surface area (Å²) >= 11 is 7.45. The first-order valence-electron chi connectivity index (χ1n) is 10.2. The fourth-order valence-electron chi connectivity index (χ4n) is 3.79. The van der Waals surface area contributed by atoms with Crippen LogP contribution in [0, 0.1) is 0 Å². The minimum Gasteiger partial charge on any atom is -0.361 e. The number of rotatable bonds is 5. The Balaban J connectivity index is 1.38. The molecule has 1 unspecified atom stereocenters. The molecule has 0 saturated carbocycles. The van der Waals surface area contributed by atoms with Gasteiger partial charge in [-0.2, -0.15) is 16.4 Å². The average molecular weight is 444 g/mol. The summed E-state index contributed by atoms with van der Waals surface area (Å²) in [5.41, 5.74) is 6.40. The van der Waals surface area contributed by atoms with Crippen LogP contribution in [0.3, 0.4) is 0 Å². The Morgan fingerprint density at radius 3 is 2.71 bits per heavy atom. The number of thiocarbonyl (C=S) groups is 1. The number of hydrogen-bond acceptors (Lipinski definition) is 5. The molecule has 1 aliphatic heterocycles. The molecule has 31 heavy (non-hydrogen) atoms. The van der Waals surface area contributed by atoms with E-state index in [2.05, 4.69) is 68.5 Å². The Hall–Kier alpha value is -3.16. The van der Waals surface area contributed by atoms with E-state index in [0.717, 1.165) is 47.3 Å². The monoisotopic (exact) mass is 443 g/mol. The van der Waals surface area contributed by atoms with Gasteiger partial charge in [-0.25, -0.2) is 5.01 Å². The lowest BCUT2D eigenvalue weighted by atomic mass is 9.99. The second kappa shape index (κ2) is 8.91. The molecule has 2 aromatic carbocycles. The van der Waals surface area contributed by atoms with Gasteiger partial charge >= 0.3 is 0 Å². The molecule has 5 nitrogen and oxygen atoms in total. The molecule has 0 fully saturated rings. The molecule has 7 heteroatoms. The molecule has 0 amide bonds. The van der Waals surface area contributed by atoms with Gasteiger partial charge in [-0.1, -0.05) is 36.4 Å². The van der Waals surface area contributed by atoms with Gasteiger partial charge in [0, 0.05) is 30.9 Å². The molecule has 2 aromatic heterocycles. The van der Waals surface area contributed by atoms with Gasteiger partial charge in [-0.15, -0.1) is 0 Å². The summed E-state index contributed by atoms with van der Waals surface area (Å²) in [4.78, 5) is 8.86. The first kappa shape index (κ1) is 19.8. The van der Waals surface area contributed by atoms with Crippen LogP contribution in [0.5, 0.6) is 0 Å². The molecule has 1 aliphatic rings. The van der Waals surface area contributed by atoms with Crippen molar-refractivity contribution in [2.75, 3.05) is 6.54 Å². The lowest BCUT2D eigenvalue weighted by Gasteiger charge is -2.25. The number of hydrazone groups is 1. The molecule has 5 rings (SSSR count). The van der Waals surface area contributed by atoms with Crippen molar-refractivity contribution in [2.24, 2.45) is 5.10 Å². The number of nitrogens with zero attached hydrogens (tertiary/aromatic N) is 4. The second-order valence-corrected chi connectivity index (χ2v) is 8.56. The summed E-state index contributed by atoms with van der Waals surface area (Å²) in [6.45, 7) is 0.762. The summed E-state index contributed by atoms with van der Waals surface area (Å²) in [5.74, 6) is 0. The number of benzene rings is 2. The summed E-state index contributed by atoms with van der Waals surface area (Å²) in [6, 6.07) is 18.8. The van der Waals surface area contributed by atoms with Crippen molar-refractivity contribution in [1.82, 2.24) is 20.3 Å². The molecule has 0 saturated heterocycles. The number of fused-ring (bicyclic) bond motifs is 1. The van der Waals surface area contributed by atoms with Crippen molar-refractivity contribution in [3.63, 3.8) is 0 Å². The minimum absolute atomic E-state index is 0.0260. The van der Waals surface area contributed by atoms with E-state index in [1.165, 1.54) is 5.56 Å². The summed E-state index contributed by atoms with van der Waals surface area (Å²) < 4.78 is 0. The van der Waals surface area contributed by atoms with Crippen molar-refractivity contribution < 1.29 is 0 Å². The Labute approximate surface area is 190 Å². The predicted molar refractivity (Wildman–Crippen MR) is 130 cm³/mol. The van der Waals surface area contributed by atoms with E-state index >= 15 is 0 Å². The number of hydrogen-bond donors (Lipinski definition) is 1. The van der Waals surface area contributed by atoms with Crippen LogP contribution in [-0.2, 0) is 6.42 Å². The topological polar surface area (TPSA) is 53.4 Å². The van der Waals surface area contributed by atoms with E-state index in [4.69, 9.17) is 17.3 Å². The third kappa shape index (κ3) is 4.33. The van der Waals surface area contributed by atoms with Crippen LogP contribution >= 0.6 is 23.6 Å². The van der Waals surface area contributed by atoms with Crippen molar-refractivity contribution >= 4 is 45.4 Å². The van der Waals surface area contributed by atoms with Crippen molar-refractivity contribution in [3.8, 4) is 0 Å². The largest absolute Gasteiger partial charge is 0.361 e. The Bertz CT molecular complexity index is 1220. The van der Waals surface area contributed by atoms with Crippen molar-refractivity contribution in [3.05, 3.63) is 94.4 Å². The van der Waals surface area contributed by atoms with Gasteiger partial charge in [0.2, 0.25) is 0 Å². The first-order valence-corrected chi connectivity index (χ1v) is 11.5. The highest BCUT2D eigenvalue weighted by atomic mass is 32.1. The maximum Gasteiger partial charge on any atom is 0.190 e. The van der Waals surface area contributed by atoms with Gasteiger partial charge < -0.3 is 5.32 Å². The van der Waals surface area contributed by atoms with Crippen LogP contribution in [0.25, 0.3) is 11.0 Å². The van der Waals surface area contributed by atoms with E-state index in [1.807, 2.05) is 17.1 Å². The first-order chi connectivity index (χ1) is 15.3. The number of nitrogens with one attached hydrogen (secondary N) is 1. The van der Waals surface area contributed by atoms with Crippen molar-refractivity contribution in [1.29, 1.82) is 0 Å². The van der Waals surface area contributed by atoms with Crippen molar-refractivity contribution in [2.45, 2.75) is 18.9 Å². The van der Waals surface area contributed by atoms with Gasteiger partial charge in [0.15, 0.2) is 5.11 Å². The molecule has 0 bridgehead atoms. The van der Waals surface area contributed by atoms with Gasteiger partial charge in [-0.05, 0) is 58.7 Å². The number of aromatic nitrogens is 2. The van der Waals surface area contributed by atoms with Gasteiger partial charge in [0.1, 0.15) is 0 Å². The van der Waals surface area contributed by atoms with Crippen LogP contribution < -0.4 is 5.32 Å². The maximum atomic E-state index is 5.77. The predicted octanol–water partition coefficient (Wildman–Crippen LogP) is 4.96. The summed E-state index contributed by atoms with van der Waals surface area (Å²) in [5, 5.41) is 15.1. The molecule has 1 atom stereocenters. The lowest BCUT2D eigenvalue weighted by molar-refractivity contribution is 0.364. The fraction of sp³-hybridized carbons (Fsp3) is 0.167.